The van der Waals surface area contributed by atoms with E-state index in [2.05, 4.69) is 29.6 Å². The summed E-state index contributed by atoms with van der Waals surface area (Å²) in [6.07, 6.45) is 4.73. The summed E-state index contributed by atoms with van der Waals surface area (Å²) in [5, 5.41) is 9.57. The van der Waals surface area contributed by atoms with Gasteiger partial charge in [-0.2, -0.15) is 0 Å². The molecule has 1 saturated carbocycles. The molecule has 1 fully saturated rings. The highest BCUT2D eigenvalue weighted by atomic mass is 16.5. The molecular formula is C27H38N4O5. The number of carbonyl (C=O) groups is 3. The molecule has 36 heavy (non-hydrogen) atoms. The summed E-state index contributed by atoms with van der Waals surface area (Å²) in [6.45, 7) is 6.29. The third-order valence-electron chi connectivity index (χ3n) is 6.40. The summed E-state index contributed by atoms with van der Waals surface area (Å²) in [6, 6.07) is 8.19. The molecule has 1 aromatic carbocycles. The topological polar surface area (TPSA) is 114 Å². The molecule has 0 saturated heterocycles. The second-order valence-electron chi connectivity index (χ2n) is 9.81. The van der Waals surface area contributed by atoms with E-state index >= 15 is 0 Å². The van der Waals surface area contributed by atoms with Crippen LogP contribution in [0.5, 0.6) is 5.75 Å². The van der Waals surface area contributed by atoms with Gasteiger partial charge in [0, 0.05) is 31.5 Å². The number of amides is 3. The third kappa shape index (κ3) is 7.83. The lowest BCUT2D eigenvalue weighted by atomic mass is 10.0. The predicted molar refractivity (Wildman–Crippen MR) is 136 cm³/mol. The van der Waals surface area contributed by atoms with Gasteiger partial charge < -0.3 is 24.8 Å². The van der Waals surface area contributed by atoms with Gasteiger partial charge in [0.15, 0.2) is 5.82 Å². The Labute approximate surface area is 212 Å². The van der Waals surface area contributed by atoms with Gasteiger partial charge in [0.1, 0.15) is 17.6 Å². The average Bonchev–Trinajstić information content (AvgIpc) is 3.51. The van der Waals surface area contributed by atoms with Crippen LogP contribution in [-0.2, 0) is 14.4 Å². The van der Waals surface area contributed by atoms with Gasteiger partial charge in [-0.25, -0.2) is 0 Å². The summed E-state index contributed by atoms with van der Waals surface area (Å²) in [5.41, 5.74) is 0.685. The number of nitrogens with one attached hydrogen (secondary N) is 2. The molecule has 9 heteroatoms. The molecule has 3 amide bonds. The van der Waals surface area contributed by atoms with Crippen molar-refractivity contribution < 1.29 is 23.6 Å². The van der Waals surface area contributed by atoms with Crippen LogP contribution < -0.4 is 15.4 Å². The van der Waals surface area contributed by atoms with Crippen LogP contribution in [0.25, 0.3) is 0 Å². The van der Waals surface area contributed by atoms with Crippen molar-refractivity contribution in [3.8, 4) is 5.75 Å². The molecule has 9 nitrogen and oxygen atoms in total. The number of ether oxygens (including phenoxy) is 1. The van der Waals surface area contributed by atoms with Crippen molar-refractivity contribution in [2.24, 2.45) is 5.92 Å². The second kappa shape index (κ2) is 13.1. The van der Waals surface area contributed by atoms with E-state index in [-0.39, 0.29) is 36.6 Å². The third-order valence-corrected chi connectivity index (χ3v) is 6.40. The first-order chi connectivity index (χ1) is 17.3. The SMILES string of the molecule is COc1cccc([C@@H](C(=O)NC2CCCC2)N(CCC(C)C)C(=O)CCC(=O)Nc2cc(C)on2)c1. The highest BCUT2D eigenvalue weighted by molar-refractivity contribution is 5.94. The molecule has 2 N–H and O–H groups in total. The minimum Gasteiger partial charge on any atom is -0.497 e. The fraction of sp³-hybridized carbons (Fsp3) is 0.556. The van der Waals surface area contributed by atoms with Crippen LogP contribution >= 0.6 is 0 Å². The maximum atomic E-state index is 13.6. The molecule has 0 aliphatic heterocycles. The van der Waals surface area contributed by atoms with Crippen LogP contribution in [0.3, 0.4) is 0 Å². The van der Waals surface area contributed by atoms with Gasteiger partial charge in [-0.05, 0) is 49.8 Å². The maximum Gasteiger partial charge on any atom is 0.247 e. The minimum atomic E-state index is -0.812. The molecule has 0 bridgehead atoms. The van der Waals surface area contributed by atoms with Crippen molar-refractivity contribution in [1.82, 2.24) is 15.4 Å². The normalized spacial score (nSPS) is 14.5. The van der Waals surface area contributed by atoms with Crippen LogP contribution in [0.2, 0.25) is 0 Å². The van der Waals surface area contributed by atoms with E-state index in [1.807, 2.05) is 18.2 Å². The fourth-order valence-corrected chi connectivity index (χ4v) is 4.42. The van der Waals surface area contributed by atoms with Gasteiger partial charge in [0.05, 0.1) is 7.11 Å². The van der Waals surface area contributed by atoms with Gasteiger partial charge >= 0.3 is 0 Å². The van der Waals surface area contributed by atoms with Crippen molar-refractivity contribution in [1.29, 1.82) is 0 Å². The number of anilines is 1. The lowest BCUT2D eigenvalue weighted by Crippen LogP contribution is -2.46. The van der Waals surface area contributed by atoms with E-state index in [0.717, 1.165) is 32.1 Å². The molecule has 3 rings (SSSR count). The number of hydrogen-bond acceptors (Lipinski definition) is 6. The molecule has 1 atom stereocenters. The maximum absolute atomic E-state index is 13.6. The molecule has 0 unspecified atom stereocenters. The first-order valence-electron chi connectivity index (χ1n) is 12.7. The zero-order valence-corrected chi connectivity index (χ0v) is 21.7. The average molecular weight is 499 g/mol. The highest BCUT2D eigenvalue weighted by Gasteiger charge is 2.33. The van der Waals surface area contributed by atoms with Crippen LogP contribution in [0.4, 0.5) is 5.82 Å². The molecular weight excluding hydrogens is 460 g/mol. The van der Waals surface area contributed by atoms with E-state index in [4.69, 9.17) is 9.26 Å². The Hall–Kier alpha value is -3.36. The number of aryl methyl sites for hydroxylation is 1. The Morgan fingerprint density at radius 3 is 2.56 bits per heavy atom. The van der Waals surface area contributed by atoms with E-state index < -0.39 is 6.04 Å². The second-order valence-corrected chi connectivity index (χ2v) is 9.81. The van der Waals surface area contributed by atoms with Crippen molar-refractivity contribution in [3.05, 3.63) is 41.7 Å². The number of nitrogens with zero attached hydrogens (tertiary/aromatic N) is 2. The van der Waals surface area contributed by atoms with Gasteiger partial charge in [0.25, 0.3) is 0 Å². The van der Waals surface area contributed by atoms with Crippen LogP contribution in [0.1, 0.15) is 76.2 Å². The molecule has 0 radical (unpaired) electrons. The standard InChI is InChI=1S/C27H38N4O5/c1-18(2)14-15-31(25(33)13-12-24(32)29-23-16-19(3)36-30-23)26(20-8-7-11-22(17-20)35-4)27(34)28-21-9-5-6-10-21/h7-8,11,16-18,21,26H,5-6,9-10,12-15H2,1-4H3,(H,28,34)(H,29,30,32)/t26-/m0/s1. The highest BCUT2D eigenvalue weighted by Crippen LogP contribution is 2.28. The van der Waals surface area contributed by atoms with Crippen molar-refractivity contribution in [3.63, 3.8) is 0 Å². The number of hydrogen-bond donors (Lipinski definition) is 2. The summed E-state index contributed by atoms with van der Waals surface area (Å²) < 4.78 is 10.4. The van der Waals surface area contributed by atoms with E-state index in [0.29, 0.717) is 35.4 Å². The number of methoxy groups -OCH3 is 1. The zero-order chi connectivity index (χ0) is 26.1. The molecule has 0 spiro atoms. The lowest BCUT2D eigenvalue weighted by molar-refractivity contribution is -0.142. The Morgan fingerprint density at radius 2 is 1.92 bits per heavy atom. The van der Waals surface area contributed by atoms with E-state index in [1.165, 1.54) is 0 Å². The molecule has 1 aliphatic carbocycles. The van der Waals surface area contributed by atoms with Crippen molar-refractivity contribution in [2.75, 3.05) is 19.0 Å². The zero-order valence-electron chi connectivity index (χ0n) is 21.7. The summed E-state index contributed by atoms with van der Waals surface area (Å²) in [4.78, 5) is 41.2. The molecule has 196 valence electrons. The van der Waals surface area contributed by atoms with E-state index in [1.54, 1.807) is 31.1 Å². The number of benzene rings is 1. The summed E-state index contributed by atoms with van der Waals surface area (Å²) in [7, 11) is 1.57. The first kappa shape index (κ1) is 27.2. The first-order valence-corrected chi connectivity index (χ1v) is 12.7. The molecule has 2 aromatic rings. The Balaban J connectivity index is 1.81. The Kier molecular flexibility index (Phi) is 9.90. The van der Waals surface area contributed by atoms with Crippen molar-refractivity contribution in [2.45, 2.75) is 77.8 Å². The van der Waals surface area contributed by atoms with E-state index in [9.17, 15) is 14.4 Å². The van der Waals surface area contributed by atoms with Gasteiger partial charge in [-0.1, -0.05) is 44.0 Å². The molecule has 1 aromatic heterocycles. The monoisotopic (exact) mass is 498 g/mol. The van der Waals surface area contributed by atoms with Crippen LogP contribution in [0.15, 0.2) is 34.9 Å². The number of carbonyl (C=O) groups excluding carboxylic acids is 3. The summed E-state index contributed by atoms with van der Waals surface area (Å²) in [5.74, 6) is 1.05. The molecule has 1 aliphatic rings. The predicted octanol–water partition coefficient (Wildman–Crippen LogP) is 4.39. The minimum absolute atomic E-state index is 0.0298. The quantitative estimate of drug-likeness (QED) is 0.449. The molecule has 1 heterocycles. The van der Waals surface area contributed by atoms with Gasteiger partial charge in [0.2, 0.25) is 17.7 Å². The number of aromatic nitrogens is 1. The van der Waals surface area contributed by atoms with Crippen LogP contribution in [0, 0.1) is 12.8 Å². The Morgan fingerprint density at radius 1 is 1.17 bits per heavy atom. The summed E-state index contributed by atoms with van der Waals surface area (Å²) >= 11 is 0. The van der Waals surface area contributed by atoms with Gasteiger partial charge in [-0.3, -0.25) is 14.4 Å². The fourth-order valence-electron chi connectivity index (χ4n) is 4.42. The lowest BCUT2D eigenvalue weighted by Gasteiger charge is -2.33. The van der Waals surface area contributed by atoms with Crippen molar-refractivity contribution >= 4 is 23.5 Å². The van der Waals surface area contributed by atoms with Crippen LogP contribution in [-0.4, -0.2) is 47.5 Å². The largest absolute Gasteiger partial charge is 0.497 e. The van der Waals surface area contributed by atoms with Gasteiger partial charge in [-0.15, -0.1) is 0 Å². The smallest absolute Gasteiger partial charge is 0.247 e. The number of rotatable bonds is 12. The Bertz CT molecular complexity index is 1030.